The van der Waals surface area contributed by atoms with Crippen LogP contribution in [0, 0.1) is 0 Å². The van der Waals surface area contributed by atoms with Gasteiger partial charge in [0.05, 0.1) is 0 Å². The van der Waals surface area contributed by atoms with Crippen molar-refractivity contribution in [3.8, 4) is 0 Å². The van der Waals surface area contributed by atoms with Crippen LogP contribution in [0.15, 0.2) is 18.2 Å². The van der Waals surface area contributed by atoms with Crippen molar-refractivity contribution in [3.05, 3.63) is 29.3 Å². The molecule has 11 heavy (non-hydrogen) atoms. The zero-order valence-electron chi connectivity index (χ0n) is 7.22. The highest BCUT2D eigenvalue weighted by molar-refractivity contribution is 6.34. The van der Waals surface area contributed by atoms with Crippen molar-refractivity contribution >= 4 is 13.3 Å². The predicted octanol–water partition coefficient (Wildman–Crippen LogP) is 1.61. The lowest BCUT2D eigenvalue weighted by Gasteiger charge is -2.07. The zero-order valence-corrected chi connectivity index (χ0v) is 7.22. The summed E-state index contributed by atoms with van der Waals surface area (Å²) < 4.78 is 0. The first-order valence-electron chi connectivity index (χ1n) is 4.15. The third-order valence-electron chi connectivity index (χ3n) is 2.05. The smallest absolute Gasteiger partial charge is 0.0904 e. The third-order valence-corrected chi connectivity index (χ3v) is 2.05. The number of hydrogen-bond donors (Lipinski definition) is 0. The molecule has 0 nitrogen and oxygen atoms in total. The molecule has 0 unspecified atom stereocenters. The number of rotatable bonds is 2. The maximum absolute atomic E-state index is 5.90. The lowest BCUT2D eigenvalue weighted by Crippen LogP contribution is -2.14. The fraction of sp³-hybridized carbons (Fsp3) is 0.400. The molecule has 1 heteroatoms. The van der Waals surface area contributed by atoms with E-state index in [-0.39, 0.29) is 0 Å². The van der Waals surface area contributed by atoms with Gasteiger partial charge in [-0.1, -0.05) is 48.6 Å². The molecule has 0 bridgehead atoms. The summed E-state index contributed by atoms with van der Waals surface area (Å²) in [5.74, 6) is 0. The quantitative estimate of drug-likeness (QED) is 0.553. The second-order valence-electron chi connectivity index (χ2n) is 2.70. The van der Waals surface area contributed by atoms with Crippen molar-refractivity contribution in [2.24, 2.45) is 0 Å². The molecule has 0 aliphatic rings. The van der Waals surface area contributed by atoms with Crippen LogP contribution in [0.25, 0.3) is 0 Å². The fourth-order valence-electron chi connectivity index (χ4n) is 1.28. The van der Waals surface area contributed by atoms with Crippen molar-refractivity contribution in [1.82, 2.24) is 0 Å². The first kappa shape index (κ1) is 8.38. The Morgan fingerprint density at radius 3 is 1.91 bits per heavy atom. The van der Waals surface area contributed by atoms with E-state index in [1.807, 2.05) is 0 Å². The van der Waals surface area contributed by atoms with Gasteiger partial charge in [0.1, 0.15) is 7.85 Å². The van der Waals surface area contributed by atoms with Crippen LogP contribution in [-0.2, 0) is 12.8 Å². The molecule has 0 atom stereocenters. The van der Waals surface area contributed by atoms with E-state index in [4.69, 9.17) is 7.85 Å². The maximum atomic E-state index is 5.90. The molecule has 2 radical (unpaired) electrons. The van der Waals surface area contributed by atoms with Crippen molar-refractivity contribution < 1.29 is 0 Å². The minimum Gasteiger partial charge on any atom is -0.0904 e. The summed E-state index contributed by atoms with van der Waals surface area (Å²) in [6.45, 7) is 4.26. The molecular formula is C10H13B. The summed E-state index contributed by atoms with van der Waals surface area (Å²) in [7, 11) is 5.90. The average molecular weight is 144 g/mol. The number of benzene rings is 1. The number of aryl methyl sites for hydroxylation is 2. The van der Waals surface area contributed by atoms with E-state index in [2.05, 4.69) is 32.0 Å². The van der Waals surface area contributed by atoms with E-state index in [1.54, 1.807) is 0 Å². The van der Waals surface area contributed by atoms with Gasteiger partial charge in [-0.2, -0.15) is 0 Å². The normalized spacial score (nSPS) is 10.0. The molecule has 0 saturated carbocycles. The highest BCUT2D eigenvalue weighted by Gasteiger charge is 1.98. The summed E-state index contributed by atoms with van der Waals surface area (Å²) in [4.78, 5) is 0. The van der Waals surface area contributed by atoms with Crippen LogP contribution in [0.5, 0.6) is 0 Å². The van der Waals surface area contributed by atoms with Gasteiger partial charge in [-0.3, -0.25) is 0 Å². The second-order valence-corrected chi connectivity index (χ2v) is 2.70. The first-order valence-corrected chi connectivity index (χ1v) is 4.15. The Labute approximate surface area is 70.0 Å². The Bertz CT molecular complexity index is 218. The van der Waals surface area contributed by atoms with Crippen LogP contribution >= 0.6 is 0 Å². The Morgan fingerprint density at radius 1 is 1.09 bits per heavy atom. The van der Waals surface area contributed by atoms with Gasteiger partial charge in [-0.05, 0) is 12.8 Å². The highest BCUT2D eigenvalue weighted by Crippen LogP contribution is 2.01. The van der Waals surface area contributed by atoms with Crippen LogP contribution in [-0.4, -0.2) is 7.85 Å². The molecule has 0 heterocycles. The standard InChI is InChI=1S/C10H13B/c1-3-8-6-5-7-9(4-2)10(8)11/h5-7H,3-4H2,1-2H3. The first-order chi connectivity index (χ1) is 5.29. The van der Waals surface area contributed by atoms with Crippen LogP contribution in [0.1, 0.15) is 25.0 Å². The molecule has 1 aromatic carbocycles. The minimum atomic E-state index is 0.984. The van der Waals surface area contributed by atoms with Crippen molar-refractivity contribution in [3.63, 3.8) is 0 Å². The van der Waals surface area contributed by atoms with Crippen LogP contribution in [0.3, 0.4) is 0 Å². The molecule has 0 aliphatic carbocycles. The van der Waals surface area contributed by atoms with Crippen molar-refractivity contribution in [2.75, 3.05) is 0 Å². The van der Waals surface area contributed by atoms with E-state index < -0.39 is 0 Å². The van der Waals surface area contributed by atoms with E-state index in [0.29, 0.717) is 0 Å². The molecule has 0 spiro atoms. The summed E-state index contributed by atoms with van der Waals surface area (Å²) in [5.41, 5.74) is 3.52. The molecular weight excluding hydrogens is 131 g/mol. The largest absolute Gasteiger partial charge is 0.114 e. The molecule has 0 N–H and O–H groups in total. The Morgan fingerprint density at radius 2 is 1.55 bits per heavy atom. The summed E-state index contributed by atoms with van der Waals surface area (Å²) >= 11 is 0. The van der Waals surface area contributed by atoms with E-state index >= 15 is 0 Å². The van der Waals surface area contributed by atoms with Gasteiger partial charge in [0, 0.05) is 0 Å². The van der Waals surface area contributed by atoms with Crippen LogP contribution in [0.4, 0.5) is 0 Å². The highest BCUT2D eigenvalue weighted by atomic mass is 14.0. The number of hydrogen-bond acceptors (Lipinski definition) is 0. The molecule has 0 fully saturated rings. The van der Waals surface area contributed by atoms with Crippen LogP contribution in [0.2, 0.25) is 0 Å². The summed E-state index contributed by atoms with van der Waals surface area (Å²) in [5, 5.41) is 0. The fourth-order valence-corrected chi connectivity index (χ4v) is 1.28. The van der Waals surface area contributed by atoms with Gasteiger partial charge in [0.15, 0.2) is 0 Å². The van der Waals surface area contributed by atoms with Crippen molar-refractivity contribution in [2.45, 2.75) is 26.7 Å². The van der Waals surface area contributed by atoms with Gasteiger partial charge in [-0.25, -0.2) is 0 Å². The third kappa shape index (κ3) is 1.65. The van der Waals surface area contributed by atoms with E-state index in [0.717, 1.165) is 18.3 Å². The molecule has 0 aromatic heterocycles. The lowest BCUT2D eigenvalue weighted by atomic mass is 9.84. The lowest BCUT2D eigenvalue weighted by molar-refractivity contribution is 1.11. The zero-order chi connectivity index (χ0) is 8.27. The van der Waals surface area contributed by atoms with E-state index in [9.17, 15) is 0 Å². The second kappa shape index (κ2) is 3.61. The molecule has 0 aliphatic heterocycles. The van der Waals surface area contributed by atoms with E-state index in [1.165, 1.54) is 11.1 Å². The molecule has 56 valence electrons. The Balaban J connectivity index is 3.10. The molecule has 1 aromatic rings. The average Bonchev–Trinajstić information content (AvgIpc) is 2.05. The van der Waals surface area contributed by atoms with Gasteiger partial charge < -0.3 is 0 Å². The van der Waals surface area contributed by atoms with Crippen LogP contribution < -0.4 is 5.46 Å². The summed E-state index contributed by atoms with van der Waals surface area (Å²) in [6, 6.07) is 6.26. The predicted molar refractivity (Wildman–Crippen MR) is 50.6 cm³/mol. The Kier molecular flexibility index (Phi) is 2.75. The molecule has 0 amide bonds. The van der Waals surface area contributed by atoms with Gasteiger partial charge in [0.25, 0.3) is 0 Å². The van der Waals surface area contributed by atoms with Gasteiger partial charge >= 0.3 is 0 Å². The van der Waals surface area contributed by atoms with Crippen molar-refractivity contribution in [1.29, 1.82) is 0 Å². The van der Waals surface area contributed by atoms with Gasteiger partial charge in [-0.15, -0.1) is 0 Å². The monoisotopic (exact) mass is 144 g/mol. The summed E-state index contributed by atoms with van der Waals surface area (Å²) in [6.07, 6.45) is 2.05. The SMILES string of the molecule is [B]c1c(CC)cccc1CC. The minimum absolute atomic E-state index is 0.984. The topological polar surface area (TPSA) is 0 Å². The van der Waals surface area contributed by atoms with Gasteiger partial charge in [0.2, 0.25) is 0 Å². The Hall–Kier alpha value is -0.715. The maximum Gasteiger partial charge on any atom is 0.114 e. The molecule has 1 rings (SSSR count). The molecule has 0 saturated heterocycles.